The molecule has 4 rings (SSSR count). The third-order valence-electron chi connectivity index (χ3n) is 5.73. The summed E-state index contributed by atoms with van der Waals surface area (Å²) in [6, 6.07) is 13.5. The molecule has 2 aliphatic rings. The molecule has 4 nitrogen and oxygen atoms in total. The highest BCUT2D eigenvalue weighted by molar-refractivity contribution is 6.30. The van der Waals surface area contributed by atoms with Crippen LogP contribution < -0.4 is 5.32 Å². The minimum absolute atomic E-state index is 0.266. The molecule has 0 unspecified atom stereocenters. The lowest BCUT2D eigenvalue weighted by atomic mass is 9.67. The average molecular weight is 356 g/mol. The van der Waals surface area contributed by atoms with E-state index in [9.17, 15) is 14.7 Å². The van der Waals surface area contributed by atoms with E-state index in [1.807, 2.05) is 36.4 Å². The molecule has 1 amide bonds. The minimum atomic E-state index is -1.16. The first-order chi connectivity index (χ1) is 12.0. The summed E-state index contributed by atoms with van der Waals surface area (Å²) in [5.74, 6) is 0. The Balaban J connectivity index is 1.83. The normalized spacial score (nSPS) is 22.9. The molecule has 1 spiro atoms. The Kier molecular flexibility index (Phi) is 3.62. The van der Waals surface area contributed by atoms with Gasteiger partial charge in [-0.05, 0) is 60.1 Å². The number of carbonyl (C=O) groups excluding carboxylic acids is 1. The van der Waals surface area contributed by atoms with Gasteiger partial charge in [-0.25, -0.2) is 4.79 Å². The van der Waals surface area contributed by atoms with E-state index in [0.29, 0.717) is 5.02 Å². The van der Waals surface area contributed by atoms with Crippen LogP contribution in [-0.4, -0.2) is 17.5 Å². The Morgan fingerprint density at radius 2 is 1.88 bits per heavy atom. The van der Waals surface area contributed by atoms with Gasteiger partial charge in [0.1, 0.15) is 5.54 Å². The van der Waals surface area contributed by atoms with Crippen molar-refractivity contribution in [2.75, 3.05) is 0 Å². The number of aryl methyl sites for hydroxylation is 1. The molecule has 128 valence electrons. The molecule has 2 N–H and O–H groups in total. The zero-order chi connectivity index (χ0) is 17.7. The van der Waals surface area contributed by atoms with Gasteiger partial charge < -0.3 is 15.2 Å². The Hall–Kier alpha value is -2.33. The van der Waals surface area contributed by atoms with Gasteiger partial charge in [-0.15, -0.1) is 0 Å². The summed E-state index contributed by atoms with van der Waals surface area (Å²) in [4.78, 5) is 23.5. The summed E-state index contributed by atoms with van der Waals surface area (Å²) in [5, 5.41) is 12.5. The highest BCUT2D eigenvalue weighted by Crippen LogP contribution is 2.63. The van der Waals surface area contributed by atoms with Crippen molar-refractivity contribution in [3.63, 3.8) is 0 Å². The fourth-order valence-corrected chi connectivity index (χ4v) is 4.46. The van der Waals surface area contributed by atoms with Gasteiger partial charge >= 0.3 is 6.09 Å². The number of benzene rings is 2. The van der Waals surface area contributed by atoms with Crippen LogP contribution in [0.15, 0.2) is 42.5 Å². The summed E-state index contributed by atoms with van der Waals surface area (Å²) in [7, 11) is 0. The Bertz CT molecular complexity index is 875. The number of hydrogen-bond acceptors (Lipinski definition) is 2. The second-order valence-electron chi connectivity index (χ2n) is 7.02. The van der Waals surface area contributed by atoms with Crippen LogP contribution in [-0.2, 0) is 16.8 Å². The van der Waals surface area contributed by atoms with Crippen LogP contribution in [0.3, 0.4) is 0 Å². The number of halogens is 1. The molecule has 1 atom stereocenters. The highest BCUT2D eigenvalue weighted by Gasteiger charge is 2.63. The molecule has 0 aliphatic heterocycles. The van der Waals surface area contributed by atoms with Gasteiger partial charge in [0.25, 0.3) is 0 Å². The van der Waals surface area contributed by atoms with E-state index in [4.69, 9.17) is 11.6 Å². The average Bonchev–Trinajstić information content (AvgIpc) is 3.38. The first kappa shape index (κ1) is 16.2. The van der Waals surface area contributed by atoms with Gasteiger partial charge in [0.15, 0.2) is 6.29 Å². The summed E-state index contributed by atoms with van der Waals surface area (Å²) in [6.45, 7) is 0. The molecule has 1 fully saturated rings. The molecule has 5 heteroatoms. The Labute approximate surface area is 150 Å². The van der Waals surface area contributed by atoms with E-state index < -0.39 is 11.6 Å². The number of hydrogen-bond donors (Lipinski definition) is 2. The third-order valence-corrected chi connectivity index (χ3v) is 5.97. The molecular weight excluding hydrogens is 338 g/mol. The molecule has 25 heavy (non-hydrogen) atoms. The molecule has 0 heterocycles. The second kappa shape index (κ2) is 5.60. The van der Waals surface area contributed by atoms with E-state index in [2.05, 4.69) is 11.4 Å². The zero-order valence-corrected chi connectivity index (χ0v) is 14.3. The summed E-state index contributed by atoms with van der Waals surface area (Å²) < 4.78 is 0. The number of rotatable bonds is 3. The van der Waals surface area contributed by atoms with E-state index in [1.165, 1.54) is 0 Å². The molecular formula is C20H18ClNO3. The maximum Gasteiger partial charge on any atom is 0.405 e. The lowest BCUT2D eigenvalue weighted by molar-refractivity contribution is -0.116. The summed E-state index contributed by atoms with van der Waals surface area (Å²) in [5.41, 5.74) is 2.43. The maximum absolute atomic E-state index is 12.1. The molecule has 0 saturated heterocycles. The number of aldehydes is 1. The van der Waals surface area contributed by atoms with E-state index in [-0.39, 0.29) is 5.41 Å². The van der Waals surface area contributed by atoms with Crippen molar-refractivity contribution in [3.05, 3.63) is 58.6 Å². The molecule has 2 aliphatic carbocycles. The minimum Gasteiger partial charge on any atom is -0.465 e. The molecule has 0 bridgehead atoms. The third kappa shape index (κ3) is 2.44. The van der Waals surface area contributed by atoms with Crippen LogP contribution in [0.2, 0.25) is 5.02 Å². The van der Waals surface area contributed by atoms with Crippen molar-refractivity contribution in [2.24, 2.45) is 5.41 Å². The van der Waals surface area contributed by atoms with Gasteiger partial charge in [0.2, 0.25) is 0 Å². The number of fused-ring (bicyclic) bond motifs is 1. The molecule has 1 saturated carbocycles. The fraction of sp³-hybridized carbons (Fsp3) is 0.300. The van der Waals surface area contributed by atoms with Crippen LogP contribution in [0.4, 0.5) is 4.79 Å². The fourth-order valence-electron chi connectivity index (χ4n) is 4.27. The largest absolute Gasteiger partial charge is 0.465 e. The van der Waals surface area contributed by atoms with Crippen molar-refractivity contribution in [3.8, 4) is 11.1 Å². The number of nitrogens with one attached hydrogen (secondary N) is 1. The van der Waals surface area contributed by atoms with Gasteiger partial charge in [-0.2, -0.15) is 0 Å². The van der Waals surface area contributed by atoms with E-state index in [1.54, 1.807) is 0 Å². The molecule has 0 aromatic heterocycles. The molecule has 2 aromatic rings. The van der Waals surface area contributed by atoms with Crippen LogP contribution in [0.25, 0.3) is 11.1 Å². The Morgan fingerprint density at radius 1 is 1.12 bits per heavy atom. The number of carboxylic acid groups (broad SMARTS) is 1. The monoisotopic (exact) mass is 355 g/mol. The van der Waals surface area contributed by atoms with Gasteiger partial charge in [-0.1, -0.05) is 41.9 Å². The predicted molar refractivity (Wildman–Crippen MR) is 95.8 cm³/mol. The van der Waals surface area contributed by atoms with Crippen molar-refractivity contribution >= 4 is 24.0 Å². The van der Waals surface area contributed by atoms with Crippen molar-refractivity contribution < 1.29 is 14.7 Å². The maximum atomic E-state index is 12.1. The van der Waals surface area contributed by atoms with Crippen molar-refractivity contribution in [1.82, 2.24) is 5.32 Å². The van der Waals surface area contributed by atoms with Gasteiger partial charge in [-0.3, -0.25) is 0 Å². The zero-order valence-electron chi connectivity index (χ0n) is 13.6. The smallest absolute Gasteiger partial charge is 0.405 e. The summed E-state index contributed by atoms with van der Waals surface area (Å²) in [6.07, 6.45) is 3.05. The van der Waals surface area contributed by atoms with Gasteiger partial charge in [0, 0.05) is 10.4 Å². The quantitative estimate of drug-likeness (QED) is 0.802. The molecule has 0 radical (unpaired) electrons. The number of carbonyl (C=O) groups is 2. The predicted octanol–water partition coefficient (Wildman–Crippen LogP) is 4.40. The molecule has 2 aromatic carbocycles. The van der Waals surface area contributed by atoms with Crippen LogP contribution >= 0.6 is 11.6 Å². The lowest BCUT2D eigenvalue weighted by Gasteiger charge is -2.42. The van der Waals surface area contributed by atoms with Crippen molar-refractivity contribution in [2.45, 2.75) is 31.2 Å². The van der Waals surface area contributed by atoms with E-state index in [0.717, 1.165) is 54.2 Å². The number of amides is 1. The van der Waals surface area contributed by atoms with Crippen LogP contribution in [0.5, 0.6) is 0 Å². The van der Waals surface area contributed by atoms with Crippen LogP contribution in [0, 0.1) is 5.41 Å². The summed E-state index contributed by atoms with van der Waals surface area (Å²) >= 11 is 6.09. The highest BCUT2D eigenvalue weighted by atomic mass is 35.5. The van der Waals surface area contributed by atoms with Gasteiger partial charge in [0.05, 0.1) is 0 Å². The first-order valence-corrected chi connectivity index (χ1v) is 8.74. The first-order valence-electron chi connectivity index (χ1n) is 8.36. The second-order valence-corrected chi connectivity index (χ2v) is 7.46. The Morgan fingerprint density at radius 3 is 2.52 bits per heavy atom. The standard InChI is InChI=1S/C20H18ClNO3/c21-16-3-1-2-13(11-16)14-4-5-17-15(10-14)6-7-19(8-9-19)20(17,12-23)22-18(24)25/h1-5,10-12,22H,6-9H2,(H,24,25)/t20-/m1/s1. The lowest BCUT2D eigenvalue weighted by Crippen LogP contribution is -2.55. The topological polar surface area (TPSA) is 66.4 Å². The van der Waals surface area contributed by atoms with Crippen LogP contribution in [0.1, 0.15) is 30.4 Å². The van der Waals surface area contributed by atoms with E-state index >= 15 is 0 Å². The SMILES string of the molecule is O=C[C@@]1(NC(=O)O)c2ccc(-c3cccc(Cl)c3)cc2CCC12CC2. The van der Waals surface area contributed by atoms with Crippen molar-refractivity contribution in [1.29, 1.82) is 0 Å².